The maximum absolute atomic E-state index is 5.78. The maximum Gasteiger partial charge on any atom is 0.118 e. The van der Waals surface area contributed by atoms with Gasteiger partial charge in [-0.2, -0.15) is 0 Å². The summed E-state index contributed by atoms with van der Waals surface area (Å²) in [6.45, 7) is 9.83. The van der Waals surface area contributed by atoms with Crippen LogP contribution in [-0.2, 0) is 0 Å². The minimum atomic E-state index is -1.30. The van der Waals surface area contributed by atoms with Crippen LogP contribution in [0, 0.1) is 0 Å². The number of para-hydroxylation sites is 1. The Kier molecular flexibility index (Phi) is 5.06. The second kappa shape index (κ2) is 6.09. The van der Waals surface area contributed by atoms with Crippen molar-refractivity contribution in [3.05, 3.63) is 24.3 Å². The van der Waals surface area contributed by atoms with Gasteiger partial charge in [0.05, 0.1) is 14.7 Å². The molecule has 0 saturated heterocycles. The third kappa shape index (κ3) is 2.49. The van der Waals surface area contributed by atoms with Gasteiger partial charge in [0.1, 0.15) is 5.75 Å². The number of ether oxygens (including phenoxy) is 1. The molecule has 0 amide bonds. The fraction of sp³-hybridized carbons (Fsp3) is 0.571. The highest BCUT2D eigenvalue weighted by Crippen LogP contribution is 2.24. The van der Waals surface area contributed by atoms with Crippen molar-refractivity contribution >= 4 is 13.3 Å². The first-order valence-electron chi connectivity index (χ1n) is 6.46. The van der Waals surface area contributed by atoms with E-state index in [1.165, 1.54) is 23.3 Å². The van der Waals surface area contributed by atoms with Crippen LogP contribution in [0.15, 0.2) is 24.3 Å². The lowest BCUT2D eigenvalue weighted by Crippen LogP contribution is -2.46. The average molecular weight is 236 g/mol. The Bertz CT molecular complexity index is 310. The van der Waals surface area contributed by atoms with Crippen LogP contribution in [-0.4, -0.2) is 14.7 Å². The van der Waals surface area contributed by atoms with Gasteiger partial charge in [0.2, 0.25) is 0 Å². The second-order valence-electron chi connectivity index (χ2n) is 4.27. The van der Waals surface area contributed by atoms with Crippen molar-refractivity contribution in [2.45, 2.75) is 45.8 Å². The SMILES string of the molecule is CCOc1ccccc1[Si](CC)(CC)CC. The summed E-state index contributed by atoms with van der Waals surface area (Å²) in [6, 6.07) is 12.6. The molecule has 1 aromatic rings. The number of benzene rings is 1. The quantitative estimate of drug-likeness (QED) is 0.683. The van der Waals surface area contributed by atoms with E-state index in [1.807, 2.05) is 0 Å². The van der Waals surface area contributed by atoms with Crippen LogP contribution < -0.4 is 9.92 Å². The molecule has 90 valence electrons. The Labute approximate surface area is 101 Å². The van der Waals surface area contributed by atoms with Crippen LogP contribution in [0.4, 0.5) is 0 Å². The van der Waals surface area contributed by atoms with Crippen LogP contribution in [0.25, 0.3) is 0 Å². The zero-order valence-electron chi connectivity index (χ0n) is 11.0. The second-order valence-corrected chi connectivity index (χ2v) is 9.49. The van der Waals surface area contributed by atoms with Gasteiger partial charge in [0.15, 0.2) is 0 Å². The van der Waals surface area contributed by atoms with E-state index >= 15 is 0 Å². The molecule has 0 radical (unpaired) electrons. The van der Waals surface area contributed by atoms with Gasteiger partial charge < -0.3 is 4.74 Å². The van der Waals surface area contributed by atoms with Crippen molar-refractivity contribution in [3.63, 3.8) is 0 Å². The lowest BCUT2D eigenvalue weighted by atomic mass is 10.3. The molecular formula is C14H24OSi. The molecule has 0 aliphatic carbocycles. The molecule has 0 bridgehead atoms. The van der Waals surface area contributed by atoms with Gasteiger partial charge in [-0.25, -0.2) is 0 Å². The number of hydrogen-bond acceptors (Lipinski definition) is 1. The summed E-state index contributed by atoms with van der Waals surface area (Å²) in [4.78, 5) is 0. The summed E-state index contributed by atoms with van der Waals surface area (Å²) in [5, 5.41) is 1.52. The highest BCUT2D eigenvalue weighted by Gasteiger charge is 2.31. The van der Waals surface area contributed by atoms with Crippen molar-refractivity contribution in [3.8, 4) is 5.75 Å². The molecule has 0 N–H and O–H groups in total. The van der Waals surface area contributed by atoms with Crippen LogP contribution in [0.3, 0.4) is 0 Å². The smallest absolute Gasteiger partial charge is 0.118 e. The largest absolute Gasteiger partial charge is 0.494 e. The summed E-state index contributed by atoms with van der Waals surface area (Å²) in [5.74, 6) is 1.13. The minimum absolute atomic E-state index is 0.763. The third-order valence-electron chi connectivity index (χ3n) is 3.79. The monoisotopic (exact) mass is 236 g/mol. The summed E-state index contributed by atoms with van der Waals surface area (Å²) in [7, 11) is -1.30. The number of hydrogen-bond donors (Lipinski definition) is 0. The van der Waals surface area contributed by atoms with E-state index in [9.17, 15) is 0 Å². The highest BCUT2D eigenvalue weighted by atomic mass is 28.3. The Hall–Kier alpha value is -0.763. The maximum atomic E-state index is 5.78. The van der Waals surface area contributed by atoms with Crippen LogP contribution >= 0.6 is 0 Å². The van der Waals surface area contributed by atoms with Gasteiger partial charge in [0, 0.05) is 0 Å². The molecular weight excluding hydrogens is 212 g/mol. The van der Waals surface area contributed by atoms with Crippen molar-refractivity contribution in [1.82, 2.24) is 0 Å². The molecule has 1 nitrogen and oxygen atoms in total. The average Bonchev–Trinajstić information content (AvgIpc) is 2.34. The van der Waals surface area contributed by atoms with E-state index in [-0.39, 0.29) is 0 Å². The first-order valence-corrected chi connectivity index (χ1v) is 9.08. The zero-order valence-corrected chi connectivity index (χ0v) is 12.0. The first kappa shape index (κ1) is 13.3. The van der Waals surface area contributed by atoms with Crippen molar-refractivity contribution in [2.75, 3.05) is 6.61 Å². The van der Waals surface area contributed by atoms with Crippen LogP contribution in [0.5, 0.6) is 5.75 Å². The number of rotatable bonds is 6. The Morgan fingerprint density at radius 1 is 0.938 bits per heavy atom. The molecule has 2 heteroatoms. The van der Waals surface area contributed by atoms with Gasteiger partial charge >= 0.3 is 0 Å². The molecule has 0 aliphatic rings. The predicted octanol–water partition coefficient (Wildman–Crippen LogP) is 3.80. The lowest BCUT2D eigenvalue weighted by Gasteiger charge is -2.30. The zero-order chi connectivity index (χ0) is 12.0. The van der Waals surface area contributed by atoms with Crippen molar-refractivity contribution in [2.24, 2.45) is 0 Å². The lowest BCUT2D eigenvalue weighted by molar-refractivity contribution is 0.342. The van der Waals surface area contributed by atoms with Gasteiger partial charge in [-0.15, -0.1) is 0 Å². The summed E-state index contributed by atoms with van der Waals surface area (Å²) >= 11 is 0. The van der Waals surface area contributed by atoms with E-state index < -0.39 is 8.07 Å². The highest BCUT2D eigenvalue weighted by molar-refractivity contribution is 6.92. The topological polar surface area (TPSA) is 9.23 Å². The fourth-order valence-electron chi connectivity index (χ4n) is 2.51. The molecule has 0 spiro atoms. The Morgan fingerprint density at radius 3 is 2.00 bits per heavy atom. The molecule has 0 unspecified atom stereocenters. The third-order valence-corrected chi connectivity index (χ3v) is 9.41. The molecule has 0 atom stereocenters. The predicted molar refractivity (Wildman–Crippen MR) is 74.4 cm³/mol. The molecule has 1 rings (SSSR count). The Balaban J connectivity index is 3.17. The molecule has 1 aromatic carbocycles. The minimum Gasteiger partial charge on any atom is -0.494 e. The van der Waals surface area contributed by atoms with E-state index in [2.05, 4.69) is 52.0 Å². The van der Waals surface area contributed by atoms with Crippen molar-refractivity contribution in [1.29, 1.82) is 0 Å². The Morgan fingerprint density at radius 2 is 1.50 bits per heavy atom. The van der Waals surface area contributed by atoms with Gasteiger partial charge in [0.25, 0.3) is 0 Å². The molecule has 0 saturated carbocycles. The normalized spacial score (nSPS) is 11.5. The van der Waals surface area contributed by atoms with E-state index in [1.54, 1.807) is 0 Å². The van der Waals surface area contributed by atoms with E-state index in [0.29, 0.717) is 0 Å². The molecule has 0 fully saturated rings. The molecule has 0 aliphatic heterocycles. The molecule has 0 aromatic heterocycles. The van der Waals surface area contributed by atoms with Crippen molar-refractivity contribution < 1.29 is 4.74 Å². The van der Waals surface area contributed by atoms with Gasteiger partial charge in [-0.05, 0) is 18.2 Å². The standard InChI is InChI=1S/C14H24OSi/c1-5-15-13-11-9-10-12-14(13)16(6-2,7-3)8-4/h9-12H,5-8H2,1-4H3. The summed E-state index contributed by atoms with van der Waals surface area (Å²) < 4.78 is 5.78. The van der Waals surface area contributed by atoms with E-state index in [0.717, 1.165) is 12.4 Å². The van der Waals surface area contributed by atoms with Gasteiger partial charge in [-0.3, -0.25) is 0 Å². The van der Waals surface area contributed by atoms with Crippen LogP contribution in [0.1, 0.15) is 27.7 Å². The molecule has 16 heavy (non-hydrogen) atoms. The summed E-state index contributed by atoms with van der Waals surface area (Å²) in [5.41, 5.74) is 0. The van der Waals surface area contributed by atoms with Gasteiger partial charge in [-0.1, -0.05) is 57.1 Å². The van der Waals surface area contributed by atoms with Crippen LogP contribution in [0.2, 0.25) is 18.1 Å². The van der Waals surface area contributed by atoms with E-state index in [4.69, 9.17) is 4.74 Å². The summed E-state index contributed by atoms with van der Waals surface area (Å²) in [6.07, 6.45) is 0. The fourth-order valence-corrected chi connectivity index (χ4v) is 6.28. The first-order chi connectivity index (χ1) is 7.74. The molecule has 0 heterocycles.